The number of carbonyl (C=O) groups is 1. The molecule has 0 spiro atoms. The number of aromatic carboxylic acids is 1. The van der Waals surface area contributed by atoms with Crippen molar-refractivity contribution < 1.29 is 18.7 Å². The van der Waals surface area contributed by atoms with Crippen molar-refractivity contribution >= 4 is 5.97 Å². The summed E-state index contributed by atoms with van der Waals surface area (Å²) in [5.41, 5.74) is 0.380. The second-order valence-corrected chi connectivity index (χ2v) is 3.75. The summed E-state index contributed by atoms with van der Waals surface area (Å²) in [5.74, 6) is -1.13. The second kappa shape index (κ2) is 4.56. The molecule has 4 nitrogen and oxygen atoms in total. The first-order valence-electron chi connectivity index (χ1n) is 5.18. The van der Waals surface area contributed by atoms with Crippen LogP contribution in [0.15, 0.2) is 30.3 Å². The minimum absolute atomic E-state index is 0.0181. The Labute approximate surface area is 101 Å². The highest BCUT2D eigenvalue weighted by atomic mass is 19.3. The van der Waals surface area contributed by atoms with Crippen LogP contribution < -0.4 is 0 Å². The third kappa shape index (κ3) is 2.09. The van der Waals surface area contributed by atoms with Crippen LogP contribution in [0.1, 0.15) is 28.2 Å². The van der Waals surface area contributed by atoms with Crippen molar-refractivity contribution in [3.63, 3.8) is 0 Å². The zero-order valence-electron chi connectivity index (χ0n) is 9.47. The van der Waals surface area contributed by atoms with Gasteiger partial charge in [0.1, 0.15) is 5.69 Å². The van der Waals surface area contributed by atoms with Crippen LogP contribution in [-0.2, 0) is 0 Å². The number of aryl methyl sites for hydroxylation is 1. The summed E-state index contributed by atoms with van der Waals surface area (Å²) in [6, 6.07) is 7.37. The van der Waals surface area contributed by atoms with E-state index in [-0.39, 0.29) is 16.9 Å². The average molecular weight is 252 g/mol. The first-order chi connectivity index (χ1) is 8.50. The van der Waals surface area contributed by atoms with E-state index in [2.05, 4.69) is 5.10 Å². The monoisotopic (exact) mass is 252 g/mol. The maximum absolute atomic E-state index is 12.5. The lowest BCUT2D eigenvalue weighted by molar-refractivity contribution is 0.0696. The Morgan fingerprint density at radius 1 is 1.39 bits per heavy atom. The molecule has 18 heavy (non-hydrogen) atoms. The molecule has 0 unspecified atom stereocenters. The van der Waals surface area contributed by atoms with Gasteiger partial charge < -0.3 is 5.11 Å². The molecule has 0 atom stereocenters. The summed E-state index contributed by atoms with van der Waals surface area (Å²) < 4.78 is 26.3. The molecule has 1 aromatic carbocycles. The van der Waals surface area contributed by atoms with E-state index in [0.29, 0.717) is 5.69 Å². The van der Waals surface area contributed by atoms with Crippen LogP contribution in [-0.4, -0.2) is 20.9 Å². The van der Waals surface area contributed by atoms with E-state index >= 15 is 0 Å². The van der Waals surface area contributed by atoms with Crippen molar-refractivity contribution in [3.8, 4) is 5.69 Å². The molecule has 2 aromatic rings. The lowest BCUT2D eigenvalue weighted by atomic mass is 10.2. The third-order valence-corrected chi connectivity index (χ3v) is 2.49. The smallest absolute Gasteiger partial charge is 0.337 e. The van der Waals surface area contributed by atoms with Gasteiger partial charge in [-0.2, -0.15) is 5.10 Å². The molecule has 1 heterocycles. The maximum atomic E-state index is 12.5. The van der Waals surface area contributed by atoms with Crippen LogP contribution in [0.4, 0.5) is 8.78 Å². The highest BCUT2D eigenvalue weighted by Gasteiger charge is 2.17. The standard InChI is InChI=1S/C12H10F2N2O2/c1-7-6-9(11(13)14)15-16(7)10-5-3-2-4-8(10)12(17)18/h2-6,11H,1H3,(H,17,18). The van der Waals surface area contributed by atoms with Crippen LogP contribution in [0.5, 0.6) is 0 Å². The molecule has 0 fully saturated rings. The lowest BCUT2D eigenvalue weighted by Crippen LogP contribution is -2.07. The highest BCUT2D eigenvalue weighted by molar-refractivity contribution is 5.91. The van der Waals surface area contributed by atoms with E-state index in [4.69, 9.17) is 5.11 Å². The van der Waals surface area contributed by atoms with Gasteiger partial charge in [-0.1, -0.05) is 12.1 Å². The molecule has 0 saturated carbocycles. The van der Waals surface area contributed by atoms with E-state index in [1.807, 2.05) is 0 Å². The molecule has 1 N–H and O–H groups in total. The third-order valence-electron chi connectivity index (χ3n) is 2.49. The quantitative estimate of drug-likeness (QED) is 0.913. The number of para-hydroxylation sites is 1. The zero-order valence-corrected chi connectivity index (χ0v) is 9.47. The summed E-state index contributed by atoms with van der Waals surface area (Å²) in [5, 5.41) is 12.8. The Balaban J connectivity index is 2.58. The fraction of sp³-hybridized carbons (Fsp3) is 0.167. The van der Waals surface area contributed by atoms with Crippen LogP contribution in [0.3, 0.4) is 0 Å². The van der Waals surface area contributed by atoms with Gasteiger partial charge in [-0.15, -0.1) is 0 Å². The number of hydrogen-bond donors (Lipinski definition) is 1. The molecular weight excluding hydrogens is 242 g/mol. The van der Waals surface area contributed by atoms with Gasteiger partial charge in [-0.05, 0) is 25.1 Å². The normalized spacial score (nSPS) is 10.9. The minimum Gasteiger partial charge on any atom is -0.478 e. The van der Waals surface area contributed by atoms with Crippen molar-refractivity contribution in [1.29, 1.82) is 0 Å². The van der Waals surface area contributed by atoms with Crippen LogP contribution >= 0.6 is 0 Å². The van der Waals surface area contributed by atoms with Crippen LogP contribution in [0.2, 0.25) is 0 Å². The summed E-state index contributed by atoms with van der Waals surface area (Å²) in [6.07, 6.45) is -2.68. The summed E-state index contributed by atoms with van der Waals surface area (Å²) in [7, 11) is 0. The Bertz CT molecular complexity index is 594. The topological polar surface area (TPSA) is 55.1 Å². The number of carboxylic acid groups (broad SMARTS) is 1. The Kier molecular flexibility index (Phi) is 3.10. The van der Waals surface area contributed by atoms with E-state index in [1.165, 1.54) is 22.9 Å². The van der Waals surface area contributed by atoms with Gasteiger partial charge >= 0.3 is 5.97 Å². The molecule has 0 aliphatic heterocycles. The number of nitrogens with zero attached hydrogens (tertiary/aromatic N) is 2. The average Bonchev–Trinajstić information content (AvgIpc) is 2.71. The summed E-state index contributed by atoms with van der Waals surface area (Å²) in [6.45, 7) is 1.59. The molecule has 0 amide bonds. The molecule has 0 bridgehead atoms. The fourth-order valence-corrected chi connectivity index (χ4v) is 1.69. The molecule has 0 aliphatic rings. The first-order valence-corrected chi connectivity index (χ1v) is 5.18. The highest BCUT2D eigenvalue weighted by Crippen LogP contribution is 2.22. The SMILES string of the molecule is Cc1cc(C(F)F)nn1-c1ccccc1C(=O)O. The predicted octanol–water partition coefficient (Wildman–Crippen LogP) is 2.82. The molecule has 1 aromatic heterocycles. The van der Waals surface area contributed by atoms with Crippen LogP contribution in [0.25, 0.3) is 5.69 Å². The molecule has 2 rings (SSSR count). The number of carboxylic acids is 1. The van der Waals surface area contributed by atoms with E-state index in [1.54, 1.807) is 19.1 Å². The van der Waals surface area contributed by atoms with Crippen molar-refractivity contribution in [2.24, 2.45) is 0 Å². The van der Waals surface area contributed by atoms with Crippen molar-refractivity contribution in [3.05, 3.63) is 47.3 Å². The van der Waals surface area contributed by atoms with E-state index in [0.717, 1.165) is 0 Å². The molecular formula is C12H10F2N2O2. The van der Waals surface area contributed by atoms with Gasteiger partial charge in [0.25, 0.3) is 6.43 Å². The van der Waals surface area contributed by atoms with Crippen molar-refractivity contribution in [2.45, 2.75) is 13.3 Å². The fourth-order valence-electron chi connectivity index (χ4n) is 1.69. The number of rotatable bonds is 3. The minimum atomic E-state index is -2.68. The molecule has 0 radical (unpaired) electrons. The summed E-state index contributed by atoms with van der Waals surface area (Å²) in [4.78, 5) is 11.1. The predicted molar refractivity (Wildman–Crippen MR) is 60.2 cm³/mol. The van der Waals surface area contributed by atoms with Crippen LogP contribution in [0, 0.1) is 6.92 Å². The zero-order chi connectivity index (χ0) is 13.3. The largest absolute Gasteiger partial charge is 0.478 e. The second-order valence-electron chi connectivity index (χ2n) is 3.75. The lowest BCUT2D eigenvalue weighted by Gasteiger charge is -2.07. The van der Waals surface area contributed by atoms with E-state index < -0.39 is 12.4 Å². The number of hydrogen-bond acceptors (Lipinski definition) is 2. The van der Waals surface area contributed by atoms with E-state index in [9.17, 15) is 13.6 Å². The van der Waals surface area contributed by atoms with Gasteiger partial charge in [0.2, 0.25) is 0 Å². The molecule has 94 valence electrons. The first kappa shape index (κ1) is 12.2. The molecule has 0 saturated heterocycles. The Morgan fingerprint density at radius 3 is 2.61 bits per heavy atom. The Morgan fingerprint density at radius 2 is 2.06 bits per heavy atom. The van der Waals surface area contributed by atoms with Gasteiger partial charge in [-0.25, -0.2) is 18.3 Å². The number of benzene rings is 1. The molecule has 6 heteroatoms. The number of aromatic nitrogens is 2. The van der Waals surface area contributed by atoms with Gasteiger partial charge in [0.15, 0.2) is 0 Å². The molecule has 0 aliphatic carbocycles. The van der Waals surface area contributed by atoms with Crippen molar-refractivity contribution in [2.75, 3.05) is 0 Å². The van der Waals surface area contributed by atoms with Gasteiger partial charge in [-0.3, -0.25) is 0 Å². The number of alkyl halides is 2. The summed E-state index contributed by atoms with van der Waals surface area (Å²) >= 11 is 0. The van der Waals surface area contributed by atoms with Crippen molar-refractivity contribution in [1.82, 2.24) is 9.78 Å². The van der Waals surface area contributed by atoms with Gasteiger partial charge in [0, 0.05) is 5.69 Å². The maximum Gasteiger partial charge on any atom is 0.337 e. The Hall–Kier alpha value is -2.24. The van der Waals surface area contributed by atoms with Gasteiger partial charge in [0.05, 0.1) is 11.3 Å². The number of halogens is 2.